The van der Waals surface area contributed by atoms with Crippen LogP contribution in [-0.4, -0.2) is 52.7 Å². The number of carboxylic acid groups (broad SMARTS) is 1. The van der Waals surface area contributed by atoms with E-state index in [1.807, 2.05) is 30.3 Å². The third-order valence-electron chi connectivity index (χ3n) is 6.01. The van der Waals surface area contributed by atoms with Gasteiger partial charge in [0.25, 0.3) is 5.78 Å². The number of nitrogens with one attached hydrogen (secondary N) is 3. The first-order valence-corrected chi connectivity index (χ1v) is 12.9. The Morgan fingerprint density at radius 1 is 1.08 bits per heavy atom. The second-order valence-corrected chi connectivity index (χ2v) is 11.2. The Kier molecular flexibility index (Phi) is 9.25. The van der Waals surface area contributed by atoms with Crippen molar-refractivity contribution in [3.63, 3.8) is 0 Å². The molecule has 0 fully saturated rings. The third-order valence-corrected chi connectivity index (χ3v) is 7.24. The van der Waals surface area contributed by atoms with Crippen LogP contribution in [0.1, 0.15) is 37.1 Å². The zero-order valence-electron chi connectivity index (χ0n) is 20.2. The van der Waals surface area contributed by atoms with Gasteiger partial charge in [0.2, 0.25) is 18.2 Å². The van der Waals surface area contributed by atoms with E-state index in [-0.39, 0.29) is 18.8 Å². The van der Waals surface area contributed by atoms with Crippen LogP contribution >= 0.6 is 22.9 Å². The van der Waals surface area contributed by atoms with Gasteiger partial charge in [0.1, 0.15) is 17.6 Å². The monoisotopic (exact) mass is 555 g/mol. The number of benzene rings is 1. The van der Waals surface area contributed by atoms with E-state index in [9.17, 15) is 28.0 Å². The maximum atomic E-state index is 13.8. The van der Waals surface area contributed by atoms with Crippen LogP contribution in [0, 0.1) is 5.92 Å². The van der Waals surface area contributed by atoms with E-state index in [4.69, 9.17) is 16.7 Å². The Morgan fingerprint density at radius 3 is 2.35 bits per heavy atom. The average molecular weight is 556 g/mol. The van der Waals surface area contributed by atoms with E-state index in [1.165, 1.54) is 11.3 Å². The summed E-state index contributed by atoms with van der Waals surface area (Å²) in [7, 11) is 0. The molecule has 3 rings (SSSR count). The lowest BCUT2D eigenvalue weighted by Gasteiger charge is -2.31. The summed E-state index contributed by atoms with van der Waals surface area (Å²) in [6, 6.07) is 7.86. The maximum Gasteiger partial charge on any atom is 0.374 e. The molecule has 1 aliphatic heterocycles. The summed E-state index contributed by atoms with van der Waals surface area (Å²) >= 11 is 7.42. The minimum atomic E-state index is -3.02. The molecule has 0 saturated carbocycles. The van der Waals surface area contributed by atoms with Crippen LogP contribution in [0.3, 0.4) is 0 Å². The maximum absolute atomic E-state index is 13.8. The quantitative estimate of drug-likeness (QED) is 0.296. The topological polar surface area (TPSA) is 125 Å². The van der Waals surface area contributed by atoms with Crippen LogP contribution in [-0.2, 0) is 32.0 Å². The van der Waals surface area contributed by atoms with Crippen LogP contribution < -0.4 is 16.0 Å². The minimum absolute atomic E-state index is 0.0967. The van der Waals surface area contributed by atoms with Crippen molar-refractivity contribution in [3.05, 3.63) is 51.2 Å². The molecular weight excluding hydrogens is 528 g/mol. The molecule has 2 aromatic rings. The number of fused-ring (bicyclic) bond motifs is 1. The van der Waals surface area contributed by atoms with E-state index in [0.29, 0.717) is 10.8 Å². The number of ketones is 1. The molecule has 1 aromatic heterocycles. The third kappa shape index (κ3) is 7.26. The van der Waals surface area contributed by atoms with Crippen molar-refractivity contribution in [3.8, 4) is 0 Å². The van der Waals surface area contributed by atoms with E-state index >= 15 is 0 Å². The van der Waals surface area contributed by atoms with Gasteiger partial charge in [0.05, 0.1) is 4.34 Å². The van der Waals surface area contributed by atoms with Crippen molar-refractivity contribution < 1.29 is 33.1 Å². The predicted octanol–water partition coefficient (Wildman–Crippen LogP) is 3.68. The zero-order valence-corrected chi connectivity index (χ0v) is 21.8. The smallest absolute Gasteiger partial charge is 0.374 e. The summed E-state index contributed by atoms with van der Waals surface area (Å²) in [6.07, 6.45) is -3.44. The number of aliphatic carboxylic acids is 1. The van der Waals surface area contributed by atoms with Crippen LogP contribution in [0.4, 0.5) is 14.5 Å². The molecule has 0 radical (unpaired) electrons. The number of halogens is 3. The standard InChI is InChI=1S/C25H28ClF2N3O5S/c1-13(2)9-18(22(33)29-17(10-20(27)28)21(32)23(34)35)30-24(36)25(12-15-7-8-19(26)37-15)11-14-5-3-4-6-16(14)31-25/h3-8,13,17-18,20,31H,9-12H2,1-2H3,(H,29,33)(H,30,36)(H,34,35)/t17-,18-,25?/m0/s1. The molecule has 0 spiro atoms. The summed E-state index contributed by atoms with van der Waals surface area (Å²) in [5.41, 5.74) is 0.524. The number of carboxylic acids is 1. The minimum Gasteiger partial charge on any atom is -0.475 e. The van der Waals surface area contributed by atoms with Gasteiger partial charge in [-0.1, -0.05) is 43.6 Å². The number of para-hydroxylation sites is 1. The first-order valence-electron chi connectivity index (χ1n) is 11.7. The van der Waals surface area contributed by atoms with Gasteiger partial charge in [-0.3, -0.25) is 14.4 Å². The summed E-state index contributed by atoms with van der Waals surface area (Å²) in [5, 5.41) is 17.1. The van der Waals surface area contributed by atoms with Crippen LogP contribution in [0.25, 0.3) is 0 Å². The van der Waals surface area contributed by atoms with Gasteiger partial charge in [-0.25, -0.2) is 13.6 Å². The van der Waals surface area contributed by atoms with Gasteiger partial charge in [0, 0.05) is 29.8 Å². The van der Waals surface area contributed by atoms with Gasteiger partial charge in [-0.05, 0) is 36.1 Å². The van der Waals surface area contributed by atoms with E-state index in [1.54, 1.807) is 19.9 Å². The fraction of sp³-hybridized carbons (Fsp3) is 0.440. The Morgan fingerprint density at radius 2 is 1.78 bits per heavy atom. The molecule has 8 nitrogen and oxygen atoms in total. The molecule has 4 N–H and O–H groups in total. The number of anilines is 1. The fourth-order valence-corrected chi connectivity index (χ4v) is 5.52. The zero-order chi connectivity index (χ0) is 27.3. The SMILES string of the molecule is CC(C)C[C@H](NC(=O)C1(Cc2ccc(Cl)s2)Cc2ccccc2N1)C(=O)N[C@@H](CC(F)F)C(=O)C(=O)O. The van der Waals surface area contributed by atoms with Gasteiger partial charge in [0.15, 0.2) is 0 Å². The van der Waals surface area contributed by atoms with Crippen molar-refractivity contribution in [2.75, 3.05) is 5.32 Å². The largest absolute Gasteiger partial charge is 0.475 e. The number of rotatable bonds is 12. The lowest BCUT2D eigenvalue weighted by Crippen LogP contribution is -2.59. The highest BCUT2D eigenvalue weighted by Crippen LogP contribution is 2.37. The molecule has 1 aliphatic rings. The van der Waals surface area contributed by atoms with Gasteiger partial charge in [-0.15, -0.1) is 11.3 Å². The summed E-state index contributed by atoms with van der Waals surface area (Å²) in [5.74, 6) is -4.99. The number of hydrogen-bond donors (Lipinski definition) is 4. The number of carbonyl (C=O) groups is 4. The summed E-state index contributed by atoms with van der Waals surface area (Å²) in [6.45, 7) is 3.61. The first kappa shape index (κ1) is 28.5. The number of thiophene rings is 1. The first-order chi connectivity index (χ1) is 17.4. The van der Waals surface area contributed by atoms with Gasteiger partial charge < -0.3 is 21.1 Å². The molecule has 0 bridgehead atoms. The Bertz CT molecular complexity index is 1150. The highest BCUT2D eigenvalue weighted by molar-refractivity contribution is 7.16. The number of carbonyl (C=O) groups excluding carboxylic acids is 3. The normalized spacial score (nSPS) is 18.1. The Hall–Kier alpha value is -3.05. The van der Waals surface area contributed by atoms with Crippen molar-refractivity contribution >= 4 is 52.2 Å². The molecule has 3 atom stereocenters. The van der Waals surface area contributed by atoms with Crippen LogP contribution in [0.15, 0.2) is 36.4 Å². The van der Waals surface area contributed by atoms with Crippen molar-refractivity contribution in [1.29, 1.82) is 0 Å². The summed E-state index contributed by atoms with van der Waals surface area (Å²) < 4.78 is 26.5. The second-order valence-electron chi connectivity index (χ2n) is 9.44. The molecule has 0 aliphatic carbocycles. The molecular formula is C25H28ClF2N3O5S. The lowest BCUT2D eigenvalue weighted by atomic mass is 9.88. The molecule has 0 saturated heterocycles. The molecule has 2 amide bonds. The Labute approximate surface area is 221 Å². The highest BCUT2D eigenvalue weighted by Gasteiger charge is 2.45. The Balaban J connectivity index is 1.86. The number of alkyl halides is 2. The van der Waals surface area contributed by atoms with Crippen molar-refractivity contribution in [2.24, 2.45) is 5.92 Å². The molecule has 200 valence electrons. The van der Waals surface area contributed by atoms with E-state index < -0.39 is 54.0 Å². The van der Waals surface area contributed by atoms with Gasteiger partial charge >= 0.3 is 5.97 Å². The molecule has 2 heterocycles. The molecule has 1 unspecified atom stereocenters. The van der Waals surface area contributed by atoms with Crippen LogP contribution in [0.2, 0.25) is 4.34 Å². The summed E-state index contributed by atoms with van der Waals surface area (Å²) in [4.78, 5) is 50.7. The lowest BCUT2D eigenvalue weighted by molar-refractivity contribution is -0.151. The second kappa shape index (κ2) is 12.0. The van der Waals surface area contributed by atoms with Gasteiger partial charge in [-0.2, -0.15) is 0 Å². The number of hydrogen-bond acceptors (Lipinski definition) is 6. The molecule has 1 aromatic carbocycles. The number of Topliss-reactive ketones (excluding diaryl/α,β-unsaturated/α-hetero) is 1. The predicted molar refractivity (Wildman–Crippen MR) is 136 cm³/mol. The van der Waals surface area contributed by atoms with Crippen molar-refractivity contribution in [2.45, 2.75) is 63.6 Å². The van der Waals surface area contributed by atoms with E-state index in [2.05, 4.69) is 16.0 Å². The van der Waals surface area contributed by atoms with Crippen molar-refractivity contribution in [1.82, 2.24) is 10.6 Å². The van der Waals surface area contributed by atoms with Crippen LogP contribution in [0.5, 0.6) is 0 Å². The number of amides is 2. The average Bonchev–Trinajstić information content (AvgIpc) is 3.40. The fourth-order valence-electron chi connectivity index (χ4n) is 4.32. The molecule has 12 heteroatoms. The van der Waals surface area contributed by atoms with E-state index in [0.717, 1.165) is 16.1 Å². The highest BCUT2D eigenvalue weighted by atomic mass is 35.5. The molecule has 37 heavy (non-hydrogen) atoms.